The van der Waals surface area contributed by atoms with Crippen molar-refractivity contribution < 1.29 is 22.7 Å². The molecule has 10 heteroatoms. The molecule has 20 heavy (non-hydrogen) atoms. The van der Waals surface area contributed by atoms with Crippen LogP contribution in [-0.2, 0) is 16.6 Å². The lowest BCUT2D eigenvalue weighted by Crippen LogP contribution is -2.24. The van der Waals surface area contributed by atoms with Crippen LogP contribution in [0.15, 0.2) is 29.4 Å². The van der Waals surface area contributed by atoms with Gasteiger partial charge in [-0.1, -0.05) is 0 Å². The molecule has 2 aromatic rings. The standard InChI is InChI=1S/C10H9FN4O4S/c11-8-2-1-6(3-7(8)10(16)17)20(18,19)14-4-9-12-5-13-15-9/h1-3,5,14H,4H2,(H,16,17)(H,12,13,15). The van der Waals surface area contributed by atoms with Crippen molar-refractivity contribution >= 4 is 16.0 Å². The van der Waals surface area contributed by atoms with Crippen LogP contribution >= 0.6 is 0 Å². The maximum Gasteiger partial charge on any atom is 0.338 e. The van der Waals surface area contributed by atoms with Crippen molar-refractivity contribution in [3.05, 3.63) is 41.7 Å². The van der Waals surface area contributed by atoms with Gasteiger partial charge in [0, 0.05) is 0 Å². The molecule has 0 bridgehead atoms. The molecule has 8 nitrogen and oxygen atoms in total. The van der Waals surface area contributed by atoms with E-state index in [4.69, 9.17) is 5.11 Å². The molecule has 1 aromatic heterocycles. The molecule has 0 unspecified atom stereocenters. The fourth-order valence-electron chi connectivity index (χ4n) is 1.40. The second kappa shape index (κ2) is 5.35. The van der Waals surface area contributed by atoms with E-state index in [-0.39, 0.29) is 17.3 Å². The van der Waals surface area contributed by atoms with E-state index < -0.39 is 27.4 Å². The fourth-order valence-corrected chi connectivity index (χ4v) is 2.41. The highest BCUT2D eigenvalue weighted by Gasteiger charge is 2.19. The van der Waals surface area contributed by atoms with Gasteiger partial charge in [0.1, 0.15) is 18.0 Å². The molecule has 0 spiro atoms. The van der Waals surface area contributed by atoms with Crippen molar-refractivity contribution in [2.45, 2.75) is 11.4 Å². The first-order valence-corrected chi connectivity index (χ1v) is 6.75. The number of nitrogens with zero attached hydrogens (tertiary/aromatic N) is 2. The van der Waals surface area contributed by atoms with Crippen molar-refractivity contribution in [3.63, 3.8) is 0 Å². The number of carboxylic acid groups (broad SMARTS) is 1. The van der Waals surface area contributed by atoms with E-state index in [0.29, 0.717) is 0 Å². The van der Waals surface area contributed by atoms with Gasteiger partial charge >= 0.3 is 5.97 Å². The summed E-state index contributed by atoms with van der Waals surface area (Å²) in [6.45, 7) is -0.151. The first-order valence-electron chi connectivity index (χ1n) is 5.27. The number of halogens is 1. The number of carbonyl (C=O) groups is 1. The summed E-state index contributed by atoms with van der Waals surface area (Å²) in [5.74, 6) is -2.27. The number of benzene rings is 1. The van der Waals surface area contributed by atoms with E-state index >= 15 is 0 Å². The Morgan fingerprint density at radius 3 is 2.80 bits per heavy atom. The number of nitrogens with one attached hydrogen (secondary N) is 2. The van der Waals surface area contributed by atoms with Gasteiger partial charge in [-0.25, -0.2) is 27.3 Å². The third-order valence-corrected chi connectivity index (χ3v) is 3.77. The molecular weight excluding hydrogens is 291 g/mol. The Balaban J connectivity index is 2.25. The number of rotatable bonds is 5. The molecule has 0 amide bonds. The Kier molecular flexibility index (Phi) is 3.77. The fraction of sp³-hybridized carbons (Fsp3) is 0.100. The van der Waals surface area contributed by atoms with Gasteiger partial charge in [-0.3, -0.25) is 5.10 Å². The second-order valence-corrected chi connectivity index (χ2v) is 5.47. The Morgan fingerprint density at radius 1 is 1.45 bits per heavy atom. The Morgan fingerprint density at radius 2 is 2.20 bits per heavy atom. The van der Waals surface area contributed by atoms with Crippen molar-refractivity contribution in [3.8, 4) is 0 Å². The van der Waals surface area contributed by atoms with Crippen molar-refractivity contribution in [2.24, 2.45) is 0 Å². The summed E-state index contributed by atoms with van der Waals surface area (Å²) < 4.78 is 39.2. The Labute approximate surface area is 112 Å². The zero-order valence-corrected chi connectivity index (χ0v) is 10.7. The van der Waals surface area contributed by atoms with E-state index in [2.05, 4.69) is 19.9 Å². The van der Waals surface area contributed by atoms with Gasteiger partial charge < -0.3 is 5.11 Å². The van der Waals surface area contributed by atoms with Gasteiger partial charge in [-0.05, 0) is 18.2 Å². The van der Waals surface area contributed by atoms with Crippen LogP contribution < -0.4 is 4.72 Å². The summed E-state index contributed by atoms with van der Waals surface area (Å²) >= 11 is 0. The molecular formula is C10H9FN4O4S. The first kappa shape index (κ1) is 14.1. The van der Waals surface area contributed by atoms with E-state index in [1.807, 2.05) is 0 Å². The normalized spacial score (nSPS) is 11.4. The van der Waals surface area contributed by atoms with Crippen LogP contribution in [0.25, 0.3) is 0 Å². The summed E-state index contributed by atoms with van der Waals surface area (Å²) in [4.78, 5) is 14.1. The third kappa shape index (κ3) is 2.97. The highest BCUT2D eigenvalue weighted by atomic mass is 32.2. The largest absolute Gasteiger partial charge is 0.478 e. The van der Waals surface area contributed by atoms with E-state index in [1.54, 1.807) is 0 Å². The molecule has 0 atom stereocenters. The van der Waals surface area contributed by atoms with Crippen LogP contribution in [0.4, 0.5) is 4.39 Å². The topological polar surface area (TPSA) is 125 Å². The van der Waals surface area contributed by atoms with Crippen LogP contribution in [0.2, 0.25) is 0 Å². The molecule has 1 heterocycles. The molecule has 0 aliphatic carbocycles. The molecule has 1 aromatic carbocycles. The summed E-state index contributed by atoms with van der Waals surface area (Å²) in [7, 11) is -3.98. The van der Waals surface area contributed by atoms with Crippen LogP contribution in [0, 0.1) is 5.82 Å². The summed E-state index contributed by atoms with van der Waals surface area (Å²) in [5.41, 5.74) is -0.715. The molecule has 3 N–H and O–H groups in total. The number of sulfonamides is 1. The van der Waals surface area contributed by atoms with E-state index in [0.717, 1.165) is 18.2 Å². The minimum absolute atomic E-state index is 0.151. The summed E-state index contributed by atoms with van der Waals surface area (Å²) in [6.07, 6.45) is 1.21. The van der Waals surface area contributed by atoms with Gasteiger partial charge in [-0.15, -0.1) is 0 Å². The molecule has 0 radical (unpaired) electrons. The molecule has 106 valence electrons. The van der Waals surface area contributed by atoms with Crippen LogP contribution in [0.1, 0.15) is 16.2 Å². The number of carboxylic acids is 1. The van der Waals surface area contributed by atoms with Crippen LogP contribution in [0.3, 0.4) is 0 Å². The number of aromatic nitrogens is 3. The predicted octanol–water partition coefficient (Wildman–Crippen LogP) is 0.120. The number of hydrogen-bond donors (Lipinski definition) is 3. The predicted molar refractivity (Wildman–Crippen MR) is 63.8 cm³/mol. The first-order chi connectivity index (χ1) is 9.40. The highest BCUT2D eigenvalue weighted by molar-refractivity contribution is 7.89. The zero-order chi connectivity index (χ0) is 14.8. The molecule has 0 aliphatic heterocycles. The van der Waals surface area contributed by atoms with Crippen LogP contribution in [0.5, 0.6) is 0 Å². The SMILES string of the molecule is O=C(O)c1cc(S(=O)(=O)NCc2ncn[nH]2)ccc1F. The smallest absolute Gasteiger partial charge is 0.338 e. The van der Waals surface area contributed by atoms with Gasteiger partial charge in [0.2, 0.25) is 10.0 Å². The summed E-state index contributed by atoms with van der Waals surface area (Å²) in [5, 5.41) is 14.8. The van der Waals surface area contributed by atoms with Crippen molar-refractivity contribution in [1.29, 1.82) is 0 Å². The Bertz CT molecular complexity index is 730. The average Bonchev–Trinajstić information content (AvgIpc) is 2.89. The molecule has 0 fully saturated rings. The quantitative estimate of drug-likeness (QED) is 0.720. The lowest BCUT2D eigenvalue weighted by Gasteiger charge is -2.06. The van der Waals surface area contributed by atoms with E-state index in [1.165, 1.54) is 6.33 Å². The van der Waals surface area contributed by atoms with Gasteiger partial charge in [0.15, 0.2) is 0 Å². The number of hydrogen-bond acceptors (Lipinski definition) is 5. The van der Waals surface area contributed by atoms with Gasteiger partial charge in [0.25, 0.3) is 0 Å². The number of aromatic carboxylic acids is 1. The average molecular weight is 300 g/mol. The van der Waals surface area contributed by atoms with Gasteiger partial charge in [0.05, 0.1) is 17.0 Å². The number of aromatic amines is 1. The third-order valence-electron chi connectivity index (χ3n) is 2.37. The maximum atomic E-state index is 13.2. The van der Waals surface area contributed by atoms with E-state index in [9.17, 15) is 17.6 Å². The minimum Gasteiger partial charge on any atom is -0.478 e. The highest BCUT2D eigenvalue weighted by Crippen LogP contribution is 2.15. The zero-order valence-electron chi connectivity index (χ0n) is 9.87. The Hall–Kier alpha value is -2.33. The second-order valence-electron chi connectivity index (χ2n) is 3.70. The maximum absolute atomic E-state index is 13.2. The lowest BCUT2D eigenvalue weighted by atomic mass is 10.2. The van der Waals surface area contributed by atoms with Crippen molar-refractivity contribution in [1.82, 2.24) is 19.9 Å². The molecule has 2 rings (SSSR count). The lowest BCUT2D eigenvalue weighted by molar-refractivity contribution is 0.0691. The minimum atomic E-state index is -3.98. The molecule has 0 saturated carbocycles. The molecule has 0 aliphatic rings. The summed E-state index contributed by atoms with van der Waals surface area (Å²) in [6, 6.07) is 2.51. The number of H-pyrrole nitrogens is 1. The van der Waals surface area contributed by atoms with Crippen LogP contribution in [-0.4, -0.2) is 34.7 Å². The van der Waals surface area contributed by atoms with Gasteiger partial charge in [-0.2, -0.15) is 5.10 Å². The molecule has 0 saturated heterocycles. The monoisotopic (exact) mass is 300 g/mol. The van der Waals surface area contributed by atoms with Crippen molar-refractivity contribution in [2.75, 3.05) is 0 Å².